The normalized spacial score (nSPS) is 10.6. The number of nitrogens with zero attached hydrogens (tertiary/aromatic N) is 2. The summed E-state index contributed by atoms with van der Waals surface area (Å²) in [6.07, 6.45) is 0. The van der Waals surface area contributed by atoms with Crippen molar-refractivity contribution in [1.29, 1.82) is 0 Å². The van der Waals surface area contributed by atoms with Gasteiger partial charge in [-0.15, -0.1) is 0 Å². The summed E-state index contributed by atoms with van der Waals surface area (Å²) in [5.74, 6) is 1.51. The SMILES string of the molecule is COc1ccccc1-c1noc(-c2cccc(C)c2O)n1. The molecule has 5 heteroatoms. The molecule has 1 aromatic heterocycles. The highest BCUT2D eigenvalue weighted by Gasteiger charge is 2.16. The molecule has 21 heavy (non-hydrogen) atoms. The van der Waals surface area contributed by atoms with Crippen molar-refractivity contribution < 1.29 is 14.4 Å². The first-order valence-corrected chi connectivity index (χ1v) is 6.46. The predicted octanol–water partition coefficient (Wildman–Crippen LogP) is 3.43. The van der Waals surface area contributed by atoms with Crippen molar-refractivity contribution in [3.05, 3.63) is 48.0 Å². The Morgan fingerprint density at radius 2 is 1.81 bits per heavy atom. The molecular weight excluding hydrogens is 268 g/mol. The highest BCUT2D eigenvalue weighted by molar-refractivity contribution is 5.68. The van der Waals surface area contributed by atoms with E-state index in [-0.39, 0.29) is 11.6 Å². The maximum Gasteiger partial charge on any atom is 0.262 e. The predicted molar refractivity (Wildman–Crippen MR) is 78.1 cm³/mol. The highest BCUT2D eigenvalue weighted by atomic mass is 16.5. The van der Waals surface area contributed by atoms with Gasteiger partial charge in [0, 0.05) is 0 Å². The minimum absolute atomic E-state index is 0.146. The topological polar surface area (TPSA) is 68.4 Å². The molecule has 3 rings (SSSR count). The lowest BCUT2D eigenvalue weighted by Crippen LogP contribution is -1.89. The average molecular weight is 282 g/mol. The number of hydrogen-bond donors (Lipinski definition) is 1. The van der Waals surface area contributed by atoms with E-state index < -0.39 is 0 Å². The van der Waals surface area contributed by atoms with Gasteiger partial charge in [-0.2, -0.15) is 4.98 Å². The molecule has 5 nitrogen and oxygen atoms in total. The van der Waals surface area contributed by atoms with Gasteiger partial charge in [-0.05, 0) is 30.7 Å². The first-order chi connectivity index (χ1) is 10.2. The number of aromatic nitrogens is 2. The number of benzene rings is 2. The quantitative estimate of drug-likeness (QED) is 0.797. The molecule has 3 aromatic rings. The summed E-state index contributed by atoms with van der Waals surface area (Å²) in [6, 6.07) is 12.8. The molecule has 0 amide bonds. The van der Waals surface area contributed by atoms with Gasteiger partial charge < -0.3 is 14.4 Å². The molecule has 0 fully saturated rings. The van der Waals surface area contributed by atoms with Crippen molar-refractivity contribution in [2.75, 3.05) is 7.11 Å². The van der Waals surface area contributed by atoms with Gasteiger partial charge in [0.2, 0.25) is 5.82 Å². The van der Waals surface area contributed by atoms with Crippen molar-refractivity contribution in [1.82, 2.24) is 10.1 Å². The Morgan fingerprint density at radius 1 is 1.05 bits per heavy atom. The van der Waals surface area contributed by atoms with Crippen LogP contribution in [0.1, 0.15) is 5.56 Å². The standard InChI is InChI=1S/C16H14N2O3/c1-10-6-5-8-12(14(10)19)16-17-15(18-21-16)11-7-3-4-9-13(11)20-2/h3-9,19H,1-2H3. The Hall–Kier alpha value is -2.82. The van der Waals surface area contributed by atoms with Gasteiger partial charge >= 0.3 is 0 Å². The molecule has 0 radical (unpaired) electrons. The molecule has 0 saturated carbocycles. The van der Waals surface area contributed by atoms with Gasteiger partial charge in [0.05, 0.1) is 18.2 Å². The van der Waals surface area contributed by atoms with Crippen LogP contribution in [0.4, 0.5) is 0 Å². The Labute approximate surface area is 121 Å². The molecular formula is C16H14N2O3. The molecule has 0 bridgehead atoms. The van der Waals surface area contributed by atoms with Crippen LogP contribution in [0.25, 0.3) is 22.8 Å². The Morgan fingerprint density at radius 3 is 2.62 bits per heavy atom. The summed E-state index contributed by atoms with van der Waals surface area (Å²) in [6.45, 7) is 1.82. The molecule has 0 aliphatic rings. The maximum absolute atomic E-state index is 10.1. The Balaban J connectivity index is 2.06. The van der Waals surface area contributed by atoms with Gasteiger partial charge in [-0.3, -0.25) is 0 Å². The van der Waals surface area contributed by atoms with Crippen LogP contribution in [0.15, 0.2) is 47.0 Å². The van der Waals surface area contributed by atoms with Crippen LogP contribution in [-0.2, 0) is 0 Å². The van der Waals surface area contributed by atoms with Crippen LogP contribution in [0.2, 0.25) is 0 Å². The van der Waals surface area contributed by atoms with E-state index in [0.717, 1.165) is 11.1 Å². The summed E-state index contributed by atoms with van der Waals surface area (Å²) >= 11 is 0. The van der Waals surface area contributed by atoms with Crippen LogP contribution < -0.4 is 4.74 Å². The van der Waals surface area contributed by atoms with Crippen LogP contribution in [0.5, 0.6) is 11.5 Å². The zero-order chi connectivity index (χ0) is 14.8. The number of phenolic OH excluding ortho intramolecular Hbond substituents is 1. The lowest BCUT2D eigenvalue weighted by Gasteiger charge is -2.03. The van der Waals surface area contributed by atoms with Crippen LogP contribution in [0, 0.1) is 6.92 Å². The lowest BCUT2D eigenvalue weighted by atomic mass is 10.1. The van der Waals surface area contributed by atoms with Gasteiger partial charge in [0.25, 0.3) is 5.89 Å². The molecule has 106 valence electrons. The third kappa shape index (κ3) is 2.33. The van der Waals surface area contributed by atoms with Crippen LogP contribution >= 0.6 is 0 Å². The number of hydrogen-bond acceptors (Lipinski definition) is 5. The molecule has 0 saturated heterocycles. The third-order valence-corrected chi connectivity index (χ3v) is 3.24. The molecule has 0 atom stereocenters. The van der Waals surface area contributed by atoms with Crippen molar-refractivity contribution in [3.63, 3.8) is 0 Å². The number of ether oxygens (including phenoxy) is 1. The second-order valence-electron chi connectivity index (χ2n) is 4.59. The van der Waals surface area contributed by atoms with E-state index in [4.69, 9.17) is 9.26 Å². The van der Waals surface area contributed by atoms with Crippen molar-refractivity contribution >= 4 is 0 Å². The van der Waals surface area contributed by atoms with E-state index in [0.29, 0.717) is 17.1 Å². The molecule has 2 aromatic carbocycles. The highest BCUT2D eigenvalue weighted by Crippen LogP contribution is 2.33. The number of phenols is 1. The lowest BCUT2D eigenvalue weighted by molar-refractivity contribution is 0.412. The molecule has 0 aliphatic carbocycles. The second kappa shape index (κ2) is 5.28. The summed E-state index contributed by atoms with van der Waals surface area (Å²) < 4.78 is 10.6. The van der Waals surface area contributed by atoms with Gasteiger partial charge in [-0.25, -0.2) is 0 Å². The van der Waals surface area contributed by atoms with Gasteiger partial charge in [-0.1, -0.05) is 29.4 Å². The summed E-state index contributed by atoms with van der Waals surface area (Å²) in [4.78, 5) is 4.34. The van der Waals surface area contributed by atoms with Crippen molar-refractivity contribution in [2.45, 2.75) is 6.92 Å². The number of aryl methyl sites for hydroxylation is 1. The van der Waals surface area contributed by atoms with Gasteiger partial charge in [0.15, 0.2) is 0 Å². The number of aromatic hydroxyl groups is 1. The maximum atomic E-state index is 10.1. The molecule has 0 unspecified atom stereocenters. The van der Waals surface area contributed by atoms with E-state index in [1.807, 2.05) is 43.3 Å². The van der Waals surface area contributed by atoms with Crippen molar-refractivity contribution in [2.24, 2.45) is 0 Å². The van der Waals surface area contributed by atoms with E-state index in [1.54, 1.807) is 13.2 Å². The monoisotopic (exact) mass is 282 g/mol. The van der Waals surface area contributed by atoms with Crippen LogP contribution in [-0.4, -0.2) is 22.4 Å². The number of para-hydroxylation sites is 2. The average Bonchev–Trinajstić information content (AvgIpc) is 2.99. The second-order valence-corrected chi connectivity index (χ2v) is 4.59. The zero-order valence-electron chi connectivity index (χ0n) is 11.7. The summed E-state index contributed by atoms with van der Waals surface area (Å²) in [5, 5.41) is 14.0. The minimum atomic E-state index is 0.146. The largest absolute Gasteiger partial charge is 0.507 e. The van der Waals surface area contributed by atoms with E-state index in [1.165, 1.54) is 0 Å². The Kier molecular flexibility index (Phi) is 3.31. The minimum Gasteiger partial charge on any atom is -0.507 e. The fourth-order valence-electron chi connectivity index (χ4n) is 2.10. The van der Waals surface area contributed by atoms with E-state index in [9.17, 15) is 5.11 Å². The first kappa shape index (κ1) is 13.2. The first-order valence-electron chi connectivity index (χ1n) is 6.46. The van der Waals surface area contributed by atoms with E-state index >= 15 is 0 Å². The third-order valence-electron chi connectivity index (χ3n) is 3.24. The fourth-order valence-corrected chi connectivity index (χ4v) is 2.10. The van der Waals surface area contributed by atoms with Crippen LogP contribution in [0.3, 0.4) is 0 Å². The Bertz CT molecular complexity index is 781. The summed E-state index contributed by atoms with van der Waals surface area (Å²) in [7, 11) is 1.59. The molecule has 0 aliphatic heterocycles. The fraction of sp³-hybridized carbons (Fsp3) is 0.125. The number of methoxy groups -OCH3 is 1. The molecule has 0 spiro atoms. The van der Waals surface area contributed by atoms with E-state index in [2.05, 4.69) is 10.1 Å². The number of rotatable bonds is 3. The smallest absolute Gasteiger partial charge is 0.262 e. The zero-order valence-corrected chi connectivity index (χ0v) is 11.7. The molecule has 1 heterocycles. The summed E-state index contributed by atoms with van der Waals surface area (Å²) in [5.41, 5.74) is 2.01. The molecule has 1 N–H and O–H groups in total. The van der Waals surface area contributed by atoms with Gasteiger partial charge in [0.1, 0.15) is 11.5 Å². The van der Waals surface area contributed by atoms with Crippen molar-refractivity contribution in [3.8, 4) is 34.3 Å².